The molecule has 1 unspecified atom stereocenters. The Morgan fingerprint density at radius 3 is 2.50 bits per heavy atom. The third kappa shape index (κ3) is 3.38. The summed E-state index contributed by atoms with van der Waals surface area (Å²) in [4.78, 5) is 0. The van der Waals surface area contributed by atoms with Crippen molar-refractivity contribution in [1.82, 2.24) is 0 Å². The van der Waals surface area contributed by atoms with E-state index in [4.69, 9.17) is 5.73 Å². The average molecular weight is 203 g/mol. The molecule has 0 radical (unpaired) electrons. The first-order valence-corrected chi connectivity index (χ1v) is 4.29. The van der Waals surface area contributed by atoms with Gasteiger partial charge in [-0.1, -0.05) is 24.3 Å². The minimum absolute atomic E-state index is 0.233. The van der Waals surface area contributed by atoms with Gasteiger partial charge in [-0.15, -0.1) is 0 Å². The van der Waals surface area contributed by atoms with Gasteiger partial charge in [0.2, 0.25) is 0 Å². The first kappa shape index (κ1) is 11.0. The molecule has 0 amide bonds. The maximum atomic E-state index is 12.0. The number of hydrogen-bond donors (Lipinski definition) is 1. The predicted octanol–water partition coefficient (Wildman–Crippen LogP) is 2.81. The maximum absolute atomic E-state index is 12.0. The highest BCUT2D eigenvalue weighted by atomic mass is 19.4. The summed E-state index contributed by atoms with van der Waals surface area (Å²) in [5.41, 5.74) is 6.55. The fourth-order valence-electron chi connectivity index (χ4n) is 1.22. The summed E-state index contributed by atoms with van der Waals surface area (Å²) in [6.07, 6.45) is -5.05. The predicted molar refractivity (Wildman–Crippen MR) is 48.8 cm³/mol. The molecule has 1 aromatic rings. The van der Waals surface area contributed by atoms with Gasteiger partial charge in [-0.3, -0.25) is 0 Å². The van der Waals surface area contributed by atoms with Crippen LogP contribution in [0.15, 0.2) is 24.3 Å². The molecule has 0 aliphatic carbocycles. The Morgan fingerprint density at radius 2 is 2.00 bits per heavy atom. The van der Waals surface area contributed by atoms with Crippen molar-refractivity contribution in [2.45, 2.75) is 25.6 Å². The van der Waals surface area contributed by atoms with Crippen LogP contribution < -0.4 is 5.73 Å². The van der Waals surface area contributed by atoms with Crippen LogP contribution >= 0.6 is 0 Å². The van der Waals surface area contributed by atoms with Crippen molar-refractivity contribution in [2.75, 3.05) is 0 Å². The van der Waals surface area contributed by atoms with Gasteiger partial charge in [0.25, 0.3) is 0 Å². The van der Waals surface area contributed by atoms with Gasteiger partial charge in [0, 0.05) is 6.04 Å². The fourth-order valence-corrected chi connectivity index (χ4v) is 1.22. The molecule has 0 aliphatic rings. The monoisotopic (exact) mass is 203 g/mol. The molecule has 1 nitrogen and oxygen atoms in total. The summed E-state index contributed by atoms with van der Waals surface area (Å²) in [7, 11) is 0. The summed E-state index contributed by atoms with van der Waals surface area (Å²) in [5, 5.41) is 0. The highest BCUT2D eigenvalue weighted by Gasteiger charge is 2.27. The Hall–Kier alpha value is -1.03. The molecule has 0 saturated carbocycles. The van der Waals surface area contributed by atoms with Crippen LogP contribution in [0.3, 0.4) is 0 Å². The van der Waals surface area contributed by atoms with Gasteiger partial charge in [-0.05, 0) is 18.1 Å². The number of nitrogens with two attached hydrogens (primary N) is 1. The fraction of sp³-hybridized carbons (Fsp3) is 0.400. The van der Waals surface area contributed by atoms with Crippen LogP contribution in [0.4, 0.5) is 13.2 Å². The second kappa shape index (κ2) is 4.00. The van der Waals surface area contributed by atoms with E-state index in [-0.39, 0.29) is 11.6 Å². The van der Waals surface area contributed by atoms with E-state index < -0.39 is 12.6 Å². The smallest absolute Gasteiger partial charge is 0.324 e. The molecule has 1 rings (SSSR count). The molecule has 0 fully saturated rings. The number of rotatable bonds is 2. The topological polar surface area (TPSA) is 26.0 Å². The first-order valence-electron chi connectivity index (χ1n) is 4.29. The zero-order valence-corrected chi connectivity index (χ0v) is 7.81. The number of alkyl halides is 3. The SMILES string of the molecule is CC(N)c1cccc(CC(F)(F)F)c1. The van der Waals surface area contributed by atoms with Crippen molar-refractivity contribution in [2.24, 2.45) is 5.73 Å². The van der Waals surface area contributed by atoms with Crippen molar-refractivity contribution in [3.63, 3.8) is 0 Å². The first-order chi connectivity index (χ1) is 6.38. The van der Waals surface area contributed by atoms with Crippen molar-refractivity contribution in [3.05, 3.63) is 35.4 Å². The summed E-state index contributed by atoms with van der Waals surface area (Å²) >= 11 is 0. The maximum Gasteiger partial charge on any atom is 0.393 e. The standard InChI is InChI=1S/C10H12F3N/c1-7(14)9-4-2-3-8(5-9)6-10(11,12)13/h2-5,7H,6,14H2,1H3. The Morgan fingerprint density at radius 1 is 1.36 bits per heavy atom. The molecule has 4 heteroatoms. The van der Waals surface area contributed by atoms with Crippen LogP contribution in [0.2, 0.25) is 0 Å². The molecular formula is C10H12F3N. The van der Waals surface area contributed by atoms with Crippen molar-refractivity contribution in [1.29, 1.82) is 0 Å². The van der Waals surface area contributed by atoms with Crippen molar-refractivity contribution in [3.8, 4) is 0 Å². The van der Waals surface area contributed by atoms with E-state index in [1.165, 1.54) is 12.1 Å². The van der Waals surface area contributed by atoms with Crippen LogP contribution in [-0.4, -0.2) is 6.18 Å². The lowest BCUT2D eigenvalue weighted by atomic mass is 10.0. The lowest BCUT2D eigenvalue weighted by Crippen LogP contribution is -2.12. The third-order valence-corrected chi connectivity index (χ3v) is 1.88. The van der Waals surface area contributed by atoms with Crippen molar-refractivity contribution >= 4 is 0 Å². The Balaban J connectivity index is 2.84. The summed E-state index contributed by atoms with van der Waals surface area (Å²) in [6, 6.07) is 6.05. The molecule has 14 heavy (non-hydrogen) atoms. The third-order valence-electron chi connectivity index (χ3n) is 1.88. The minimum Gasteiger partial charge on any atom is -0.324 e. The number of hydrogen-bond acceptors (Lipinski definition) is 1. The highest BCUT2D eigenvalue weighted by molar-refractivity contribution is 5.26. The zero-order chi connectivity index (χ0) is 10.8. The van der Waals surface area contributed by atoms with E-state index in [0.717, 1.165) is 5.56 Å². The number of halogens is 3. The van der Waals surface area contributed by atoms with E-state index in [2.05, 4.69) is 0 Å². The molecule has 78 valence electrons. The van der Waals surface area contributed by atoms with E-state index in [1.54, 1.807) is 19.1 Å². The molecule has 0 spiro atoms. The zero-order valence-electron chi connectivity index (χ0n) is 7.81. The quantitative estimate of drug-likeness (QED) is 0.785. The molecule has 0 aromatic heterocycles. The Kier molecular flexibility index (Phi) is 3.16. The lowest BCUT2D eigenvalue weighted by molar-refractivity contribution is -0.127. The molecule has 0 bridgehead atoms. The van der Waals surface area contributed by atoms with Gasteiger partial charge in [0.1, 0.15) is 0 Å². The van der Waals surface area contributed by atoms with Crippen LogP contribution in [-0.2, 0) is 6.42 Å². The van der Waals surface area contributed by atoms with E-state index in [0.29, 0.717) is 0 Å². The molecule has 2 N–H and O–H groups in total. The summed E-state index contributed by atoms with van der Waals surface area (Å²) in [6.45, 7) is 1.74. The van der Waals surface area contributed by atoms with Crippen LogP contribution in [0, 0.1) is 0 Å². The van der Waals surface area contributed by atoms with Gasteiger partial charge >= 0.3 is 6.18 Å². The highest BCUT2D eigenvalue weighted by Crippen LogP contribution is 2.22. The normalized spacial score (nSPS) is 14.1. The van der Waals surface area contributed by atoms with Crippen LogP contribution in [0.1, 0.15) is 24.1 Å². The molecule has 1 atom stereocenters. The lowest BCUT2D eigenvalue weighted by Gasteiger charge is -2.09. The van der Waals surface area contributed by atoms with Crippen LogP contribution in [0.25, 0.3) is 0 Å². The molecule has 0 saturated heterocycles. The van der Waals surface area contributed by atoms with Gasteiger partial charge in [0.05, 0.1) is 6.42 Å². The van der Waals surface area contributed by atoms with Gasteiger partial charge < -0.3 is 5.73 Å². The van der Waals surface area contributed by atoms with E-state index >= 15 is 0 Å². The average Bonchev–Trinajstić information content (AvgIpc) is 2.01. The van der Waals surface area contributed by atoms with Gasteiger partial charge in [-0.2, -0.15) is 13.2 Å². The molecular weight excluding hydrogens is 191 g/mol. The van der Waals surface area contributed by atoms with Crippen LogP contribution in [0.5, 0.6) is 0 Å². The molecule has 0 heterocycles. The van der Waals surface area contributed by atoms with E-state index in [1.807, 2.05) is 0 Å². The summed E-state index contributed by atoms with van der Waals surface area (Å²) in [5.74, 6) is 0. The second-order valence-electron chi connectivity index (χ2n) is 3.33. The Bertz CT molecular complexity index is 304. The minimum atomic E-state index is -4.16. The molecule has 1 aromatic carbocycles. The van der Waals surface area contributed by atoms with Gasteiger partial charge in [-0.25, -0.2) is 0 Å². The van der Waals surface area contributed by atoms with Crippen molar-refractivity contribution < 1.29 is 13.2 Å². The number of benzene rings is 1. The largest absolute Gasteiger partial charge is 0.393 e. The second-order valence-corrected chi connectivity index (χ2v) is 3.33. The molecule has 0 aliphatic heterocycles. The van der Waals surface area contributed by atoms with Gasteiger partial charge in [0.15, 0.2) is 0 Å². The Labute approximate surface area is 80.7 Å². The van der Waals surface area contributed by atoms with E-state index in [9.17, 15) is 13.2 Å². The summed E-state index contributed by atoms with van der Waals surface area (Å²) < 4.78 is 36.1.